The molecule has 0 radical (unpaired) electrons. The second kappa shape index (κ2) is 3.44. The summed E-state index contributed by atoms with van der Waals surface area (Å²) in [5.74, 6) is -0.296. The minimum atomic E-state index is -0.825. The Labute approximate surface area is 82.5 Å². The molecule has 1 aliphatic rings. The van der Waals surface area contributed by atoms with Crippen LogP contribution in [0.25, 0.3) is 0 Å². The van der Waals surface area contributed by atoms with Gasteiger partial charge in [0.25, 0.3) is 0 Å². The van der Waals surface area contributed by atoms with Gasteiger partial charge in [-0.3, -0.25) is 9.48 Å². The van der Waals surface area contributed by atoms with Crippen molar-refractivity contribution in [2.75, 3.05) is 0 Å². The molecule has 0 bridgehead atoms. The second-order valence-electron chi connectivity index (χ2n) is 3.89. The van der Waals surface area contributed by atoms with E-state index < -0.39 is 5.97 Å². The summed E-state index contributed by atoms with van der Waals surface area (Å²) in [6, 6.07) is 0. The lowest BCUT2D eigenvalue weighted by Gasteiger charge is -2.18. The molecule has 0 spiro atoms. The maximum Gasteiger partial charge on any atom is 0.325 e. The number of carboxylic acid groups (broad SMARTS) is 1. The number of carbonyl (C=O) groups is 1. The average Bonchev–Trinajstić information content (AvgIpc) is 2.49. The molecule has 76 valence electrons. The molecular formula is C10H14N2O2. The van der Waals surface area contributed by atoms with Crippen LogP contribution in [-0.4, -0.2) is 20.9 Å². The van der Waals surface area contributed by atoms with E-state index >= 15 is 0 Å². The molecule has 1 atom stereocenters. The van der Waals surface area contributed by atoms with Crippen molar-refractivity contribution < 1.29 is 9.90 Å². The molecule has 1 aromatic heterocycles. The van der Waals surface area contributed by atoms with Gasteiger partial charge in [0, 0.05) is 5.69 Å². The van der Waals surface area contributed by atoms with E-state index in [0.717, 1.165) is 18.5 Å². The normalized spacial score (nSPS) is 20.5. The van der Waals surface area contributed by atoms with Crippen molar-refractivity contribution in [3.63, 3.8) is 0 Å². The summed E-state index contributed by atoms with van der Waals surface area (Å²) >= 11 is 0. The Morgan fingerprint density at radius 1 is 1.79 bits per heavy atom. The van der Waals surface area contributed by atoms with E-state index in [1.165, 1.54) is 12.0 Å². The lowest BCUT2D eigenvalue weighted by atomic mass is 9.89. The van der Waals surface area contributed by atoms with Crippen LogP contribution >= 0.6 is 0 Å². The van der Waals surface area contributed by atoms with E-state index in [0.29, 0.717) is 5.92 Å². The number of aromatic nitrogens is 2. The summed E-state index contributed by atoms with van der Waals surface area (Å²) < 4.78 is 1.62. The van der Waals surface area contributed by atoms with Crippen LogP contribution in [-0.2, 0) is 17.8 Å². The van der Waals surface area contributed by atoms with Gasteiger partial charge in [-0.05, 0) is 30.7 Å². The topological polar surface area (TPSA) is 55.1 Å². The van der Waals surface area contributed by atoms with Gasteiger partial charge in [0.2, 0.25) is 0 Å². The van der Waals surface area contributed by atoms with Crippen molar-refractivity contribution in [2.24, 2.45) is 0 Å². The van der Waals surface area contributed by atoms with Gasteiger partial charge in [0.1, 0.15) is 6.54 Å². The summed E-state index contributed by atoms with van der Waals surface area (Å²) in [7, 11) is 0. The lowest BCUT2D eigenvalue weighted by Crippen LogP contribution is -2.16. The average molecular weight is 194 g/mol. The second-order valence-corrected chi connectivity index (χ2v) is 3.89. The first-order valence-corrected chi connectivity index (χ1v) is 4.95. The fourth-order valence-electron chi connectivity index (χ4n) is 2.11. The predicted octanol–water partition coefficient (Wildman–Crippen LogP) is 1.41. The highest BCUT2D eigenvalue weighted by Gasteiger charge is 2.21. The van der Waals surface area contributed by atoms with Crippen molar-refractivity contribution >= 4 is 5.97 Å². The van der Waals surface area contributed by atoms with Crippen LogP contribution in [0.4, 0.5) is 0 Å². The molecule has 0 amide bonds. The summed E-state index contributed by atoms with van der Waals surface area (Å²) in [6.07, 6.45) is 5.11. The number of fused-ring (bicyclic) bond motifs is 1. The Balaban J connectivity index is 2.31. The maximum atomic E-state index is 10.6. The Bertz CT molecular complexity index is 357. The zero-order chi connectivity index (χ0) is 10.1. The number of nitrogens with zero attached hydrogens (tertiary/aromatic N) is 2. The Hall–Kier alpha value is -1.32. The summed E-state index contributed by atoms with van der Waals surface area (Å²) in [5, 5.41) is 12.8. The standard InChI is InChI=1S/C10H14N2O2/c1-7-3-2-4-9-8(7)5-11-12(9)6-10(13)14/h5,7H,2-4,6H2,1H3,(H,13,14)/t7-/m1/s1. The number of rotatable bonds is 2. The molecule has 14 heavy (non-hydrogen) atoms. The van der Waals surface area contributed by atoms with Crippen molar-refractivity contribution in [3.8, 4) is 0 Å². The van der Waals surface area contributed by atoms with E-state index in [1.807, 2.05) is 6.20 Å². The summed E-state index contributed by atoms with van der Waals surface area (Å²) in [5.41, 5.74) is 2.35. The lowest BCUT2D eigenvalue weighted by molar-refractivity contribution is -0.137. The molecule has 1 heterocycles. The van der Waals surface area contributed by atoms with Gasteiger partial charge in [-0.1, -0.05) is 6.92 Å². The zero-order valence-corrected chi connectivity index (χ0v) is 8.23. The predicted molar refractivity (Wildman–Crippen MR) is 51.2 cm³/mol. The van der Waals surface area contributed by atoms with Gasteiger partial charge in [-0.2, -0.15) is 5.10 Å². The van der Waals surface area contributed by atoms with Gasteiger partial charge in [0.15, 0.2) is 0 Å². The first-order chi connectivity index (χ1) is 6.68. The Morgan fingerprint density at radius 2 is 2.57 bits per heavy atom. The zero-order valence-electron chi connectivity index (χ0n) is 8.23. The van der Waals surface area contributed by atoms with E-state index in [-0.39, 0.29) is 6.54 Å². The molecule has 0 saturated carbocycles. The largest absolute Gasteiger partial charge is 0.480 e. The van der Waals surface area contributed by atoms with Crippen LogP contribution in [0.15, 0.2) is 6.20 Å². The minimum Gasteiger partial charge on any atom is -0.480 e. The van der Waals surface area contributed by atoms with Gasteiger partial charge >= 0.3 is 5.97 Å². The fraction of sp³-hybridized carbons (Fsp3) is 0.600. The number of hydrogen-bond acceptors (Lipinski definition) is 2. The third-order valence-corrected chi connectivity index (χ3v) is 2.85. The molecule has 0 aliphatic heterocycles. The molecule has 1 aliphatic carbocycles. The smallest absolute Gasteiger partial charge is 0.325 e. The van der Waals surface area contributed by atoms with Crippen molar-refractivity contribution in [1.29, 1.82) is 0 Å². The van der Waals surface area contributed by atoms with Crippen molar-refractivity contribution in [2.45, 2.75) is 38.6 Å². The number of carboxylic acids is 1. The molecule has 0 unspecified atom stereocenters. The van der Waals surface area contributed by atoms with Gasteiger partial charge in [0.05, 0.1) is 6.20 Å². The summed E-state index contributed by atoms with van der Waals surface area (Å²) in [4.78, 5) is 10.6. The van der Waals surface area contributed by atoms with Gasteiger partial charge in [-0.25, -0.2) is 0 Å². The van der Waals surface area contributed by atoms with Crippen LogP contribution < -0.4 is 0 Å². The molecule has 4 nitrogen and oxygen atoms in total. The van der Waals surface area contributed by atoms with E-state index in [9.17, 15) is 4.79 Å². The molecule has 0 aromatic carbocycles. The molecule has 0 fully saturated rings. The van der Waals surface area contributed by atoms with Crippen molar-refractivity contribution in [1.82, 2.24) is 9.78 Å². The SMILES string of the molecule is C[C@@H]1CCCc2c1cnn2CC(=O)O. The minimum absolute atomic E-state index is 0.0119. The molecule has 0 saturated heterocycles. The van der Waals surface area contributed by atoms with Crippen LogP contribution in [0, 0.1) is 0 Å². The van der Waals surface area contributed by atoms with Crippen LogP contribution in [0.2, 0.25) is 0 Å². The van der Waals surface area contributed by atoms with Crippen LogP contribution in [0.3, 0.4) is 0 Å². The third-order valence-electron chi connectivity index (χ3n) is 2.85. The highest BCUT2D eigenvalue weighted by molar-refractivity contribution is 5.66. The molecule has 1 N–H and O–H groups in total. The Morgan fingerprint density at radius 3 is 3.29 bits per heavy atom. The van der Waals surface area contributed by atoms with Gasteiger partial charge < -0.3 is 5.11 Å². The highest BCUT2D eigenvalue weighted by atomic mass is 16.4. The van der Waals surface area contributed by atoms with Crippen molar-refractivity contribution in [3.05, 3.63) is 17.5 Å². The van der Waals surface area contributed by atoms with Crippen LogP contribution in [0.1, 0.15) is 36.9 Å². The quantitative estimate of drug-likeness (QED) is 0.774. The first kappa shape index (κ1) is 9.24. The molecule has 2 rings (SSSR count). The fourth-order valence-corrected chi connectivity index (χ4v) is 2.11. The number of hydrogen-bond donors (Lipinski definition) is 1. The van der Waals surface area contributed by atoms with E-state index in [1.54, 1.807) is 4.68 Å². The van der Waals surface area contributed by atoms with E-state index in [2.05, 4.69) is 12.0 Å². The van der Waals surface area contributed by atoms with E-state index in [4.69, 9.17) is 5.11 Å². The molecule has 1 aromatic rings. The third kappa shape index (κ3) is 1.52. The molecule has 4 heteroatoms. The Kier molecular flexibility index (Phi) is 2.27. The highest BCUT2D eigenvalue weighted by Crippen LogP contribution is 2.30. The van der Waals surface area contributed by atoms with Crippen LogP contribution in [0.5, 0.6) is 0 Å². The molecular weight excluding hydrogens is 180 g/mol. The summed E-state index contributed by atoms with van der Waals surface area (Å²) in [6.45, 7) is 2.16. The maximum absolute atomic E-state index is 10.6. The first-order valence-electron chi connectivity index (χ1n) is 4.95. The van der Waals surface area contributed by atoms with Gasteiger partial charge in [-0.15, -0.1) is 0 Å². The monoisotopic (exact) mass is 194 g/mol. The number of aliphatic carboxylic acids is 1.